The zero-order valence-corrected chi connectivity index (χ0v) is 20.7. The maximum Gasteiger partial charge on any atom is 0.227 e. The van der Waals surface area contributed by atoms with Gasteiger partial charge in [0.25, 0.3) is 0 Å². The molecule has 178 valence electrons. The number of benzene rings is 1. The topological polar surface area (TPSA) is 65.9 Å². The fourth-order valence-corrected chi connectivity index (χ4v) is 5.33. The lowest BCUT2D eigenvalue weighted by Gasteiger charge is -2.41. The Bertz CT molecular complexity index is 1180. The molecule has 1 amide bonds. The van der Waals surface area contributed by atoms with Crippen LogP contribution in [0.15, 0.2) is 35.5 Å². The van der Waals surface area contributed by atoms with E-state index in [1.54, 1.807) is 0 Å². The fraction of sp³-hybridized carbons (Fsp3) is 0.500. The van der Waals surface area contributed by atoms with Crippen molar-refractivity contribution in [3.63, 3.8) is 0 Å². The third-order valence-corrected chi connectivity index (χ3v) is 7.39. The number of hydrogen-bond donors (Lipinski definition) is 0. The third kappa shape index (κ3) is 4.43. The summed E-state index contributed by atoms with van der Waals surface area (Å²) in [4.78, 5) is 39.2. The summed E-state index contributed by atoms with van der Waals surface area (Å²) in [6.45, 7) is 11.4. The van der Waals surface area contributed by atoms with E-state index in [0.717, 1.165) is 48.5 Å². The normalized spacial score (nSPS) is 20.7. The van der Waals surface area contributed by atoms with E-state index in [1.165, 1.54) is 16.7 Å². The number of aromatic nitrogens is 1. The van der Waals surface area contributed by atoms with Crippen molar-refractivity contribution >= 4 is 17.4 Å². The maximum absolute atomic E-state index is 13.2. The number of piperidine rings is 1. The SMILES string of the molecule is Cc1cc(C2=NCc3cc4c(cc32)CN([C@@H]2CCCN(CC(=O)C(C)(C)C)C2)C(=O)C4)ccn1. The van der Waals surface area contributed by atoms with Gasteiger partial charge in [0.1, 0.15) is 0 Å². The van der Waals surface area contributed by atoms with E-state index in [-0.39, 0.29) is 23.1 Å². The number of nitrogens with zero attached hydrogens (tertiary/aromatic N) is 4. The standard InChI is InChI=1S/C28H34N4O2/c1-18-10-19(7-8-29-18)27-24-12-22-15-32(26(34)13-20(22)11-21(24)14-30-27)23-6-5-9-31(16-23)17-25(33)28(2,3)4/h7-8,10-12,23H,5-6,9,13-17H2,1-4H3/t23-/m1/s1. The van der Waals surface area contributed by atoms with Gasteiger partial charge in [-0.2, -0.15) is 0 Å². The minimum absolute atomic E-state index is 0.159. The predicted octanol–water partition coefficient (Wildman–Crippen LogP) is 3.71. The second kappa shape index (κ2) is 8.73. The Hall–Kier alpha value is -2.86. The first-order valence-corrected chi connectivity index (χ1v) is 12.4. The van der Waals surface area contributed by atoms with Crippen LogP contribution in [-0.4, -0.2) is 57.9 Å². The first-order chi connectivity index (χ1) is 16.2. The van der Waals surface area contributed by atoms with Crippen LogP contribution in [0.25, 0.3) is 0 Å². The molecular formula is C28H34N4O2. The Kier molecular flexibility index (Phi) is 5.88. The van der Waals surface area contributed by atoms with Crippen molar-refractivity contribution in [3.05, 3.63) is 64.0 Å². The van der Waals surface area contributed by atoms with E-state index in [1.807, 2.05) is 40.0 Å². The Labute approximate surface area is 202 Å². The average Bonchev–Trinajstić information content (AvgIpc) is 3.19. The number of aliphatic imine (C=N–C) groups is 1. The molecule has 0 bridgehead atoms. The van der Waals surface area contributed by atoms with Crippen LogP contribution in [-0.2, 0) is 29.1 Å². The minimum atomic E-state index is -0.334. The van der Waals surface area contributed by atoms with Crippen molar-refractivity contribution in [1.82, 2.24) is 14.8 Å². The van der Waals surface area contributed by atoms with Gasteiger partial charge in [0.15, 0.2) is 5.78 Å². The highest BCUT2D eigenvalue weighted by Crippen LogP contribution is 2.32. The fourth-order valence-electron chi connectivity index (χ4n) is 5.33. The molecule has 0 unspecified atom stereocenters. The molecule has 4 heterocycles. The van der Waals surface area contributed by atoms with Gasteiger partial charge < -0.3 is 4.90 Å². The number of hydrogen-bond acceptors (Lipinski definition) is 5. The lowest BCUT2D eigenvalue weighted by molar-refractivity contribution is -0.136. The van der Waals surface area contributed by atoms with Gasteiger partial charge in [-0.15, -0.1) is 0 Å². The number of pyridine rings is 1. The summed E-state index contributed by atoms with van der Waals surface area (Å²) in [6.07, 6.45) is 4.29. The molecule has 34 heavy (non-hydrogen) atoms. The number of carbonyl (C=O) groups is 2. The molecule has 0 aliphatic carbocycles. The molecule has 0 saturated carbocycles. The first kappa shape index (κ1) is 22.9. The van der Waals surface area contributed by atoms with Crippen molar-refractivity contribution in [2.75, 3.05) is 19.6 Å². The van der Waals surface area contributed by atoms with E-state index in [4.69, 9.17) is 4.99 Å². The van der Waals surface area contributed by atoms with Crippen LogP contribution in [0.1, 0.15) is 67.1 Å². The summed E-state index contributed by atoms with van der Waals surface area (Å²) in [5, 5.41) is 0. The molecule has 1 saturated heterocycles. The van der Waals surface area contributed by atoms with E-state index in [0.29, 0.717) is 26.1 Å². The van der Waals surface area contributed by atoms with Crippen LogP contribution in [0.5, 0.6) is 0 Å². The highest BCUT2D eigenvalue weighted by atomic mass is 16.2. The number of ketones is 1. The monoisotopic (exact) mass is 458 g/mol. The van der Waals surface area contributed by atoms with Gasteiger partial charge in [-0.05, 0) is 61.2 Å². The Balaban J connectivity index is 1.36. The second-order valence-corrected chi connectivity index (χ2v) is 11.0. The van der Waals surface area contributed by atoms with Gasteiger partial charge in [0, 0.05) is 47.6 Å². The summed E-state index contributed by atoms with van der Waals surface area (Å²) in [5.41, 5.74) is 7.51. The van der Waals surface area contributed by atoms with Crippen LogP contribution in [0.3, 0.4) is 0 Å². The molecule has 3 aliphatic heterocycles. The molecule has 1 fully saturated rings. The van der Waals surface area contributed by atoms with Gasteiger partial charge in [0.05, 0.1) is 25.2 Å². The van der Waals surface area contributed by atoms with Crippen LogP contribution in [0.4, 0.5) is 0 Å². The molecule has 1 aromatic heterocycles. The van der Waals surface area contributed by atoms with Crippen molar-refractivity contribution in [3.8, 4) is 0 Å². The molecule has 6 heteroatoms. The predicted molar refractivity (Wildman–Crippen MR) is 133 cm³/mol. The van der Waals surface area contributed by atoms with Gasteiger partial charge in [0.2, 0.25) is 5.91 Å². The van der Waals surface area contributed by atoms with Crippen LogP contribution < -0.4 is 0 Å². The second-order valence-electron chi connectivity index (χ2n) is 11.0. The maximum atomic E-state index is 13.2. The van der Waals surface area contributed by atoms with Gasteiger partial charge >= 0.3 is 0 Å². The molecule has 6 nitrogen and oxygen atoms in total. The molecule has 1 aromatic carbocycles. The lowest BCUT2D eigenvalue weighted by atomic mass is 9.89. The minimum Gasteiger partial charge on any atom is -0.334 e. The average molecular weight is 459 g/mol. The number of aryl methyl sites for hydroxylation is 1. The molecule has 0 radical (unpaired) electrons. The molecule has 0 N–H and O–H groups in total. The Morgan fingerprint density at radius 3 is 2.74 bits per heavy atom. The zero-order valence-electron chi connectivity index (χ0n) is 20.7. The summed E-state index contributed by atoms with van der Waals surface area (Å²) >= 11 is 0. The van der Waals surface area contributed by atoms with Crippen LogP contribution in [0, 0.1) is 12.3 Å². The van der Waals surface area contributed by atoms with E-state index >= 15 is 0 Å². The Morgan fingerprint density at radius 1 is 1.15 bits per heavy atom. The highest BCUT2D eigenvalue weighted by molar-refractivity contribution is 6.15. The number of likely N-dealkylation sites (tertiary alicyclic amines) is 1. The summed E-state index contributed by atoms with van der Waals surface area (Å²) in [6, 6.07) is 8.71. The van der Waals surface area contributed by atoms with Crippen LogP contribution in [0.2, 0.25) is 0 Å². The third-order valence-electron chi connectivity index (χ3n) is 7.39. The van der Waals surface area contributed by atoms with Crippen molar-refractivity contribution < 1.29 is 9.59 Å². The molecule has 3 aliphatic rings. The number of Topliss-reactive ketones (excluding diaryl/α,β-unsaturated/α-hetero) is 1. The van der Waals surface area contributed by atoms with Crippen molar-refractivity contribution in [2.24, 2.45) is 10.4 Å². The van der Waals surface area contributed by atoms with E-state index in [2.05, 4.69) is 33.0 Å². The number of amides is 1. The summed E-state index contributed by atoms with van der Waals surface area (Å²) in [7, 11) is 0. The highest BCUT2D eigenvalue weighted by Gasteiger charge is 2.34. The molecule has 1 atom stereocenters. The van der Waals surface area contributed by atoms with E-state index in [9.17, 15) is 9.59 Å². The van der Waals surface area contributed by atoms with Crippen molar-refractivity contribution in [2.45, 2.75) is 66.1 Å². The number of rotatable bonds is 4. The largest absolute Gasteiger partial charge is 0.334 e. The quantitative estimate of drug-likeness (QED) is 0.701. The lowest BCUT2D eigenvalue weighted by Crippen LogP contribution is -2.53. The molecule has 5 rings (SSSR count). The molecule has 0 spiro atoms. The van der Waals surface area contributed by atoms with Crippen molar-refractivity contribution in [1.29, 1.82) is 0 Å². The number of fused-ring (bicyclic) bond motifs is 2. The first-order valence-electron chi connectivity index (χ1n) is 12.4. The van der Waals surface area contributed by atoms with Gasteiger partial charge in [-0.25, -0.2) is 0 Å². The zero-order chi connectivity index (χ0) is 24.0. The summed E-state index contributed by atoms with van der Waals surface area (Å²) in [5.74, 6) is 0.461. The van der Waals surface area contributed by atoms with E-state index < -0.39 is 0 Å². The molecular weight excluding hydrogens is 424 g/mol. The molecule has 2 aromatic rings. The van der Waals surface area contributed by atoms with Gasteiger partial charge in [-0.3, -0.25) is 24.5 Å². The van der Waals surface area contributed by atoms with Crippen LogP contribution >= 0.6 is 0 Å². The van der Waals surface area contributed by atoms with Gasteiger partial charge in [-0.1, -0.05) is 26.8 Å². The Morgan fingerprint density at radius 2 is 1.97 bits per heavy atom. The summed E-state index contributed by atoms with van der Waals surface area (Å²) < 4.78 is 0. The smallest absolute Gasteiger partial charge is 0.227 e. The number of carbonyl (C=O) groups excluding carboxylic acids is 2.